The largest absolute Gasteiger partial charge is 0.355 e. The summed E-state index contributed by atoms with van der Waals surface area (Å²) in [6.45, 7) is 7.10. The maximum absolute atomic E-state index is 14.0. The number of para-hydroxylation sites is 1. The highest BCUT2D eigenvalue weighted by molar-refractivity contribution is 7.92. The number of carbonyl (C=O) groups is 2. The Bertz CT molecular complexity index is 1430. The molecule has 3 rings (SSSR count). The van der Waals surface area contributed by atoms with Crippen molar-refractivity contribution in [2.75, 3.05) is 17.4 Å². The fraction of sp³-hybridized carbons (Fsp3) is 0.310. The van der Waals surface area contributed by atoms with Crippen LogP contribution in [0.25, 0.3) is 0 Å². The quantitative estimate of drug-likeness (QED) is 0.315. The fourth-order valence-electron chi connectivity index (χ4n) is 4.14. The first-order valence-electron chi connectivity index (χ1n) is 12.7. The highest BCUT2D eigenvalue weighted by atomic mass is 35.5. The molecule has 0 heterocycles. The van der Waals surface area contributed by atoms with Crippen LogP contribution < -0.4 is 9.62 Å². The third-order valence-electron chi connectivity index (χ3n) is 6.38. The van der Waals surface area contributed by atoms with Crippen LogP contribution in [-0.2, 0) is 32.6 Å². The Kier molecular flexibility index (Phi) is 10.4. The van der Waals surface area contributed by atoms with E-state index in [1.165, 1.54) is 17.0 Å². The first-order chi connectivity index (χ1) is 18.5. The molecule has 0 bridgehead atoms. The van der Waals surface area contributed by atoms with E-state index in [4.69, 9.17) is 23.2 Å². The number of nitrogens with zero attached hydrogens (tertiary/aromatic N) is 2. The van der Waals surface area contributed by atoms with Gasteiger partial charge >= 0.3 is 0 Å². The van der Waals surface area contributed by atoms with Crippen molar-refractivity contribution >= 4 is 50.7 Å². The third-order valence-corrected chi connectivity index (χ3v) is 8.90. The molecular formula is C29H33Cl2N3O4S. The third kappa shape index (κ3) is 7.32. The second-order valence-electron chi connectivity index (χ2n) is 9.15. The van der Waals surface area contributed by atoms with Crippen LogP contribution in [0.15, 0.2) is 71.6 Å². The van der Waals surface area contributed by atoms with Crippen LogP contribution in [0.2, 0.25) is 10.0 Å². The molecule has 0 spiro atoms. The molecule has 2 amide bonds. The van der Waals surface area contributed by atoms with Crippen LogP contribution in [-0.4, -0.2) is 44.3 Å². The van der Waals surface area contributed by atoms with E-state index in [2.05, 4.69) is 5.32 Å². The van der Waals surface area contributed by atoms with E-state index >= 15 is 0 Å². The fourth-order valence-corrected chi connectivity index (χ4v) is 5.92. The maximum atomic E-state index is 14.0. The number of amides is 2. The molecule has 3 aromatic carbocycles. The number of aryl methyl sites for hydroxylation is 2. The van der Waals surface area contributed by atoms with Gasteiger partial charge < -0.3 is 10.2 Å². The molecule has 0 aliphatic heterocycles. The van der Waals surface area contributed by atoms with E-state index in [0.717, 1.165) is 15.4 Å². The summed E-state index contributed by atoms with van der Waals surface area (Å²) in [6.07, 6.45) is 0.562. The normalized spacial score (nSPS) is 12.1. The topological polar surface area (TPSA) is 86.8 Å². The van der Waals surface area contributed by atoms with Gasteiger partial charge in [0.05, 0.1) is 20.6 Å². The average molecular weight is 591 g/mol. The van der Waals surface area contributed by atoms with Gasteiger partial charge in [0.15, 0.2) is 0 Å². The van der Waals surface area contributed by atoms with Gasteiger partial charge in [0.1, 0.15) is 12.6 Å². The predicted octanol–water partition coefficient (Wildman–Crippen LogP) is 5.61. The van der Waals surface area contributed by atoms with Crippen LogP contribution in [0.1, 0.15) is 37.5 Å². The summed E-state index contributed by atoms with van der Waals surface area (Å²) in [6, 6.07) is 17.7. The van der Waals surface area contributed by atoms with Gasteiger partial charge in [-0.05, 0) is 68.7 Å². The van der Waals surface area contributed by atoms with Crippen molar-refractivity contribution in [1.82, 2.24) is 10.2 Å². The number of benzene rings is 3. The van der Waals surface area contributed by atoms with Crippen LogP contribution >= 0.6 is 23.2 Å². The number of sulfonamides is 1. The van der Waals surface area contributed by atoms with Crippen LogP contribution in [0.4, 0.5) is 5.69 Å². The number of halogens is 2. The summed E-state index contributed by atoms with van der Waals surface area (Å²) < 4.78 is 29.1. The molecule has 0 fully saturated rings. The molecule has 1 atom stereocenters. The van der Waals surface area contributed by atoms with Crippen molar-refractivity contribution in [1.29, 1.82) is 0 Å². The van der Waals surface area contributed by atoms with E-state index in [9.17, 15) is 18.0 Å². The average Bonchev–Trinajstić information content (AvgIpc) is 2.92. The van der Waals surface area contributed by atoms with Gasteiger partial charge in [-0.15, -0.1) is 0 Å². The van der Waals surface area contributed by atoms with Gasteiger partial charge in [-0.1, -0.05) is 72.1 Å². The molecule has 0 aromatic heterocycles. The summed E-state index contributed by atoms with van der Waals surface area (Å²) in [5.41, 5.74) is 2.74. The monoisotopic (exact) mass is 589 g/mol. The van der Waals surface area contributed by atoms with Crippen LogP contribution in [0.3, 0.4) is 0 Å². The minimum atomic E-state index is -4.13. The summed E-state index contributed by atoms with van der Waals surface area (Å²) in [7, 11) is -4.13. The van der Waals surface area contributed by atoms with Crippen LogP contribution in [0.5, 0.6) is 0 Å². The lowest BCUT2D eigenvalue weighted by molar-refractivity contribution is -0.139. The summed E-state index contributed by atoms with van der Waals surface area (Å²) >= 11 is 12.3. The molecule has 1 N–H and O–H groups in total. The molecule has 0 saturated heterocycles. The van der Waals surface area contributed by atoms with Gasteiger partial charge in [0, 0.05) is 13.1 Å². The Morgan fingerprint density at radius 3 is 2.23 bits per heavy atom. The number of likely N-dealkylation sites (N-methyl/N-ethyl adjacent to an activating group) is 1. The molecule has 0 radical (unpaired) electrons. The predicted molar refractivity (Wildman–Crippen MR) is 157 cm³/mol. The second-order valence-corrected chi connectivity index (χ2v) is 11.8. The van der Waals surface area contributed by atoms with Gasteiger partial charge in [0.2, 0.25) is 11.8 Å². The standard InChI is InChI=1S/C29H33Cl2N3O4S/c1-5-23-9-7-8-10-27(23)34(39(37,38)24-14-11-20(3)12-15-24)19-28(35)33(21(4)29(36)32-6-2)18-22-13-16-25(30)26(31)17-22/h7-17,21H,5-6,18-19H2,1-4H3,(H,32,36)/t21-/m0/s1. The van der Waals surface area contributed by atoms with E-state index in [-0.39, 0.29) is 17.3 Å². The highest BCUT2D eigenvalue weighted by Gasteiger charge is 2.33. The lowest BCUT2D eigenvalue weighted by Crippen LogP contribution is -2.51. The van der Waals surface area contributed by atoms with Crippen molar-refractivity contribution in [2.45, 2.75) is 51.6 Å². The van der Waals surface area contributed by atoms with Crippen molar-refractivity contribution in [3.05, 3.63) is 93.5 Å². The number of anilines is 1. The Hall–Kier alpha value is -3.07. The Balaban J connectivity index is 2.08. The van der Waals surface area contributed by atoms with Crippen molar-refractivity contribution in [3.63, 3.8) is 0 Å². The second kappa shape index (κ2) is 13.3. The number of rotatable bonds is 11. The number of carbonyl (C=O) groups excluding carboxylic acids is 2. The lowest BCUT2D eigenvalue weighted by Gasteiger charge is -2.32. The minimum absolute atomic E-state index is 0.0296. The number of nitrogens with one attached hydrogen (secondary N) is 1. The molecule has 39 heavy (non-hydrogen) atoms. The Morgan fingerprint density at radius 2 is 1.62 bits per heavy atom. The van der Waals surface area contributed by atoms with Gasteiger partial charge in [-0.25, -0.2) is 8.42 Å². The zero-order valence-electron chi connectivity index (χ0n) is 22.4. The SMILES string of the molecule is CCNC(=O)[C@H](C)N(Cc1ccc(Cl)c(Cl)c1)C(=O)CN(c1ccccc1CC)S(=O)(=O)c1ccc(C)cc1. The van der Waals surface area contributed by atoms with Gasteiger partial charge in [-0.2, -0.15) is 0 Å². The molecule has 0 aliphatic rings. The maximum Gasteiger partial charge on any atom is 0.264 e. The molecule has 7 nitrogen and oxygen atoms in total. The summed E-state index contributed by atoms with van der Waals surface area (Å²) in [5.74, 6) is -0.894. The highest BCUT2D eigenvalue weighted by Crippen LogP contribution is 2.29. The minimum Gasteiger partial charge on any atom is -0.355 e. The Morgan fingerprint density at radius 1 is 0.949 bits per heavy atom. The zero-order chi connectivity index (χ0) is 28.7. The molecule has 0 unspecified atom stereocenters. The van der Waals surface area contributed by atoms with Gasteiger partial charge in [-0.3, -0.25) is 13.9 Å². The first-order valence-corrected chi connectivity index (χ1v) is 14.9. The summed E-state index contributed by atoms with van der Waals surface area (Å²) in [4.78, 5) is 28.2. The van der Waals surface area contributed by atoms with E-state index < -0.39 is 28.5 Å². The molecule has 10 heteroatoms. The Labute approximate surface area is 240 Å². The van der Waals surface area contributed by atoms with Crippen molar-refractivity contribution < 1.29 is 18.0 Å². The molecule has 0 aliphatic carbocycles. The molecule has 3 aromatic rings. The van der Waals surface area contributed by atoms with E-state index in [1.807, 2.05) is 26.0 Å². The zero-order valence-corrected chi connectivity index (χ0v) is 24.8. The summed E-state index contributed by atoms with van der Waals surface area (Å²) in [5, 5.41) is 3.41. The van der Waals surface area contributed by atoms with Gasteiger partial charge in [0.25, 0.3) is 10.0 Å². The number of hydrogen-bond donors (Lipinski definition) is 1. The van der Waals surface area contributed by atoms with Crippen molar-refractivity contribution in [2.24, 2.45) is 0 Å². The van der Waals surface area contributed by atoms with E-state index in [0.29, 0.717) is 34.3 Å². The first kappa shape index (κ1) is 30.5. The number of hydrogen-bond acceptors (Lipinski definition) is 4. The van der Waals surface area contributed by atoms with Crippen LogP contribution in [0, 0.1) is 6.92 Å². The van der Waals surface area contributed by atoms with Crippen molar-refractivity contribution in [3.8, 4) is 0 Å². The molecule has 208 valence electrons. The smallest absolute Gasteiger partial charge is 0.264 e. The molecular weight excluding hydrogens is 557 g/mol. The molecule has 0 saturated carbocycles. The lowest BCUT2D eigenvalue weighted by atomic mass is 10.1. The van der Waals surface area contributed by atoms with E-state index in [1.54, 1.807) is 56.3 Å².